The van der Waals surface area contributed by atoms with E-state index in [0.29, 0.717) is 0 Å². The van der Waals surface area contributed by atoms with E-state index in [0.717, 1.165) is 6.54 Å². The number of hydrogen-bond acceptors (Lipinski definition) is 1. The molecule has 0 aromatic rings. The van der Waals surface area contributed by atoms with Gasteiger partial charge in [0.1, 0.15) is 0 Å². The van der Waals surface area contributed by atoms with Crippen molar-refractivity contribution in [3.05, 3.63) is 9.89 Å². The van der Waals surface area contributed by atoms with Gasteiger partial charge in [0.25, 0.3) is 0 Å². The van der Waals surface area contributed by atoms with Gasteiger partial charge >= 0.3 is 0 Å². The summed E-state index contributed by atoms with van der Waals surface area (Å²) in [6.07, 6.45) is 0. The normalized spacial score (nSPS) is 21.2. The third-order valence-electron chi connectivity index (χ3n) is 0.471. The molecule has 1 heterocycles. The quantitative estimate of drug-likeness (QED) is 0.496. The second-order valence-electron chi connectivity index (χ2n) is 0.957. The van der Waals surface area contributed by atoms with Gasteiger partial charge in [0.05, 0.1) is 6.54 Å². The maximum Gasteiger partial charge on any atom is 0.0582 e. The van der Waals surface area contributed by atoms with Gasteiger partial charge in [0.15, 0.2) is 0 Å². The van der Waals surface area contributed by atoms with Crippen LogP contribution in [0, 0.1) is 0 Å². The summed E-state index contributed by atoms with van der Waals surface area (Å²) < 4.78 is 5.13. The van der Waals surface area contributed by atoms with E-state index in [-0.39, 0.29) is 0 Å². The second kappa shape index (κ2) is 2.00. The Morgan fingerprint density at radius 3 is 3.00 bits per heavy atom. The van der Waals surface area contributed by atoms with Crippen LogP contribution in [0.1, 0.15) is 0 Å². The van der Waals surface area contributed by atoms with Crippen molar-refractivity contribution in [1.82, 2.24) is 4.72 Å². The average Bonchev–Trinajstić information content (AvgIpc) is 1.86. The van der Waals surface area contributed by atoms with Gasteiger partial charge in [-0.3, -0.25) is 0 Å². The molecule has 0 fully saturated rings. The third kappa shape index (κ3) is 0.996. The Kier molecular flexibility index (Phi) is 1.56. The van der Waals surface area contributed by atoms with Crippen molar-refractivity contribution < 1.29 is 0 Å². The van der Waals surface area contributed by atoms with Crippen molar-refractivity contribution in [2.45, 2.75) is 0 Å². The van der Waals surface area contributed by atoms with Crippen LogP contribution in [0.4, 0.5) is 0 Å². The topological polar surface area (TPSA) is 14.1 Å². The van der Waals surface area contributed by atoms with E-state index in [9.17, 15) is 0 Å². The van der Waals surface area contributed by atoms with Gasteiger partial charge < -0.3 is 0 Å². The van der Waals surface area contributed by atoms with Gasteiger partial charge in [-0.1, -0.05) is 15.9 Å². The van der Waals surface area contributed by atoms with Crippen LogP contribution in [0.2, 0.25) is 0 Å². The van der Waals surface area contributed by atoms with Crippen LogP contribution < -0.4 is 4.72 Å². The average molecular weight is 165 g/mol. The molecule has 0 amide bonds. The summed E-state index contributed by atoms with van der Waals surface area (Å²) in [6.45, 7) is 0.852. The lowest BCUT2D eigenvalue weighted by Crippen LogP contribution is -1.85. The third-order valence-corrected chi connectivity index (χ3v) is 1.92. The molecule has 6 heavy (non-hydrogen) atoms. The highest BCUT2D eigenvalue weighted by atomic mass is 79.9. The minimum Gasteiger partial charge on any atom is -0.165 e. The summed E-state index contributed by atoms with van der Waals surface area (Å²) in [7, 11) is 0. The largest absolute Gasteiger partial charge is 0.165 e. The Morgan fingerprint density at radius 2 is 2.83 bits per heavy atom. The van der Waals surface area contributed by atoms with Crippen molar-refractivity contribution in [3.8, 4) is 0 Å². The number of nitrogens with zero attached hydrogens (tertiary/aromatic N) is 1. The summed E-state index contributed by atoms with van der Waals surface area (Å²) >= 11 is 4.78. The Balaban J connectivity index is 2.45. The molecule has 0 spiro atoms. The highest BCUT2D eigenvalue weighted by Crippen LogP contribution is 2.17. The first-order valence-electron chi connectivity index (χ1n) is 1.57. The van der Waals surface area contributed by atoms with Crippen molar-refractivity contribution in [2.75, 3.05) is 6.54 Å². The molecule has 1 radical (unpaired) electrons. The number of rotatable bonds is 0. The Bertz CT molecular complexity index is 80.9. The van der Waals surface area contributed by atoms with Crippen LogP contribution in [-0.4, -0.2) is 6.54 Å². The van der Waals surface area contributed by atoms with Crippen LogP contribution >= 0.6 is 27.9 Å². The van der Waals surface area contributed by atoms with E-state index < -0.39 is 0 Å². The van der Waals surface area contributed by atoms with Gasteiger partial charge in [0.2, 0.25) is 0 Å². The molecule has 0 bridgehead atoms. The highest BCUT2D eigenvalue weighted by Gasteiger charge is 1.98. The summed E-state index contributed by atoms with van der Waals surface area (Å²) in [5.41, 5.74) is 0. The summed E-state index contributed by atoms with van der Waals surface area (Å²) in [6, 6.07) is 0. The van der Waals surface area contributed by atoms with E-state index in [1.165, 1.54) is 16.4 Å². The molecule has 0 aliphatic carbocycles. The predicted molar refractivity (Wildman–Crippen MR) is 31.6 cm³/mol. The van der Waals surface area contributed by atoms with Gasteiger partial charge in [0, 0.05) is 4.48 Å². The predicted octanol–water partition coefficient (Wildman–Crippen LogP) is 1.49. The standard InChI is InChI=1S/C3H3BrNS/c4-3-1-5-6-2-3/h2H,1H2. The van der Waals surface area contributed by atoms with Crippen molar-refractivity contribution in [1.29, 1.82) is 0 Å². The molecule has 0 saturated heterocycles. The Labute approximate surface area is 49.4 Å². The lowest BCUT2D eigenvalue weighted by molar-refractivity contribution is 1.13. The maximum absolute atomic E-state index is 3.94. The monoisotopic (exact) mass is 164 g/mol. The first-order valence-corrected chi connectivity index (χ1v) is 3.20. The Hall–Kier alpha value is 0.530. The smallest absolute Gasteiger partial charge is 0.0582 e. The zero-order chi connectivity index (χ0) is 4.41. The highest BCUT2D eigenvalue weighted by molar-refractivity contribution is 9.11. The number of halogens is 1. The van der Waals surface area contributed by atoms with E-state index in [1.54, 1.807) is 0 Å². The van der Waals surface area contributed by atoms with E-state index in [1.807, 2.05) is 5.41 Å². The molecule has 0 unspecified atom stereocenters. The van der Waals surface area contributed by atoms with Crippen molar-refractivity contribution in [3.63, 3.8) is 0 Å². The van der Waals surface area contributed by atoms with Crippen LogP contribution in [0.3, 0.4) is 0 Å². The summed E-state index contributed by atoms with van der Waals surface area (Å²) in [5, 5.41) is 1.99. The fraction of sp³-hybridized carbons (Fsp3) is 0.333. The van der Waals surface area contributed by atoms with Gasteiger partial charge in [-0.25, -0.2) is 0 Å². The van der Waals surface area contributed by atoms with Gasteiger partial charge in [-0.05, 0) is 17.4 Å². The Morgan fingerprint density at radius 1 is 2.00 bits per heavy atom. The zero-order valence-corrected chi connectivity index (χ0v) is 5.42. The van der Waals surface area contributed by atoms with E-state index in [2.05, 4.69) is 20.7 Å². The SMILES string of the molecule is BrC1=CS[N]C1. The minimum atomic E-state index is 0.852. The lowest BCUT2D eigenvalue weighted by Gasteiger charge is -1.76. The molecular weight excluding hydrogens is 162 g/mol. The molecule has 0 aromatic heterocycles. The first-order chi connectivity index (χ1) is 2.89. The summed E-state index contributed by atoms with van der Waals surface area (Å²) in [4.78, 5) is 0. The second-order valence-corrected chi connectivity index (χ2v) is 2.68. The molecule has 1 rings (SSSR count). The minimum absolute atomic E-state index is 0.852. The molecule has 0 N–H and O–H groups in total. The van der Waals surface area contributed by atoms with Crippen molar-refractivity contribution in [2.24, 2.45) is 0 Å². The molecular formula is C3H3BrNS. The molecule has 3 heteroatoms. The zero-order valence-electron chi connectivity index (χ0n) is 3.02. The maximum atomic E-state index is 3.94. The van der Waals surface area contributed by atoms with Gasteiger partial charge in [-0.2, -0.15) is 4.72 Å². The van der Waals surface area contributed by atoms with Crippen LogP contribution in [0.15, 0.2) is 9.89 Å². The van der Waals surface area contributed by atoms with Crippen LogP contribution in [0.25, 0.3) is 0 Å². The first kappa shape index (κ1) is 4.68. The molecule has 33 valence electrons. The molecule has 0 saturated carbocycles. The van der Waals surface area contributed by atoms with E-state index >= 15 is 0 Å². The number of hydrogen-bond donors (Lipinski definition) is 0. The van der Waals surface area contributed by atoms with Gasteiger partial charge in [-0.15, -0.1) is 0 Å². The molecule has 1 nitrogen and oxygen atoms in total. The lowest BCUT2D eigenvalue weighted by atomic mass is 10.7. The molecule has 1 aliphatic heterocycles. The van der Waals surface area contributed by atoms with Crippen LogP contribution in [0.5, 0.6) is 0 Å². The van der Waals surface area contributed by atoms with Crippen molar-refractivity contribution >= 4 is 27.9 Å². The fourth-order valence-corrected chi connectivity index (χ4v) is 1.25. The van der Waals surface area contributed by atoms with Crippen LogP contribution in [-0.2, 0) is 0 Å². The molecule has 1 aliphatic rings. The molecule has 0 aromatic carbocycles. The summed E-state index contributed by atoms with van der Waals surface area (Å²) in [5.74, 6) is 0. The van der Waals surface area contributed by atoms with E-state index in [4.69, 9.17) is 0 Å². The fourth-order valence-electron chi connectivity index (χ4n) is 0.231. The molecule has 0 atom stereocenters.